The number of carboxylic acids is 1. The van der Waals surface area contributed by atoms with Gasteiger partial charge in [-0.15, -0.1) is 0 Å². The molecule has 1 aliphatic heterocycles. The van der Waals surface area contributed by atoms with E-state index in [1.165, 1.54) is 0 Å². The van der Waals surface area contributed by atoms with Gasteiger partial charge in [0.05, 0.1) is 11.3 Å². The maximum absolute atomic E-state index is 12.7. The van der Waals surface area contributed by atoms with Crippen molar-refractivity contribution in [3.05, 3.63) is 0 Å². The molecule has 0 aromatic heterocycles. The fourth-order valence-corrected chi connectivity index (χ4v) is 3.30. The Bertz CT molecular complexity index is 362. The first-order valence-corrected chi connectivity index (χ1v) is 7.21. The molecule has 5 heteroatoms. The van der Waals surface area contributed by atoms with Crippen LogP contribution in [-0.2, 0) is 9.59 Å². The molecule has 0 aromatic rings. The molecule has 19 heavy (non-hydrogen) atoms. The van der Waals surface area contributed by atoms with E-state index in [0.29, 0.717) is 32.0 Å². The first-order valence-electron chi connectivity index (χ1n) is 7.21. The minimum Gasteiger partial charge on any atom is -0.481 e. The van der Waals surface area contributed by atoms with E-state index < -0.39 is 17.3 Å². The summed E-state index contributed by atoms with van der Waals surface area (Å²) in [6.07, 6.45) is 4.34. The topological polar surface area (TPSA) is 83.6 Å². The minimum atomic E-state index is -0.797. The Morgan fingerprint density at radius 3 is 2.42 bits per heavy atom. The standard InChI is InChI=1S/C14H24N2O3/c1-10-2-5-14(9-15,6-3-10)13(19)16-7-4-11(8-16)12(17)18/h10-11H,2-9,15H2,1H3,(H,17,18). The van der Waals surface area contributed by atoms with Crippen LogP contribution in [0.5, 0.6) is 0 Å². The van der Waals surface area contributed by atoms with Crippen molar-refractivity contribution >= 4 is 11.9 Å². The van der Waals surface area contributed by atoms with Gasteiger partial charge in [0.25, 0.3) is 0 Å². The molecule has 0 bridgehead atoms. The van der Waals surface area contributed by atoms with Crippen molar-refractivity contribution in [2.75, 3.05) is 19.6 Å². The Kier molecular flexibility index (Phi) is 4.13. The molecule has 1 heterocycles. The highest BCUT2D eigenvalue weighted by Gasteiger charge is 2.44. The fourth-order valence-electron chi connectivity index (χ4n) is 3.30. The molecule has 1 amide bonds. The third-order valence-electron chi connectivity index (χ3n) is 4.90. The van der Waals surface area contributed by atoms with Crippen molar-refractivity contribution < 1.29 is 14.7 Å². The van der Waals surface area contributed by atoms with Gasteiger partial charge in [0.2, 0.25) is 5.91 Å². The molecular formula is C14H24N2O3. The second-order valence-electron chi connectivity index (χ2n) is 6.24. The average Bonchev–Trinajstić information content (AvgIpc) is 2.89. The van der Waals surface area contributed by atoms with Crippen LogP contribution in [0.25, 0.3) is 0 Å². The number of nitrogens with two attached hydrogens (primary N) is 1. The molecule has 3 N–H and O–H groups in total. The monoisotopic (exact) mass is 268 g/mol. The first-order chi connectivity index (χ1) is 8.98. The Labute approximate surface area is 114 Å². The van der Waals surface area contributed by atoms with Crippen molar-refractivity contribution in [3.8, 4) is 0 Å². The van der Waals surface area contributed by atoms with Crippen molar-refractivity contribution in [3.63, 3.8) is 0 Å². The lowest BCUT2D eigenvalue weighted by Gasteiger charge is -2.39. The van der Waals surface area contributed by atoms with Crippen LogP contribution >= 0.6 is 0 Å². The number of aliphatic carboxylic acids is 1. The van der Waals surface area contributed by atoms with E-state index in [2.05, 4.69) is 6.92 Å². The number of hydrogen-bond donors (Lipinski definition) is 2. The average molecular weight is 268 g/mol. The van der Waals surface area contributed by atoms with E-state index in [4.69, 9.17) is 10.8 Å². The third kappa shape index (κ3) is 2.76. The van der Waals surface area contributed by atoms with Gasteiger partial charge < -0.3 is 15.7 Å². The van der Waals surface area contributed by atoms with Crippen LogP contribution in [0.1, 0.15) is 39.0 Å². The predicted molar refractivity (Wildman–Crippen MR) is 71.4 cm³/mol. The lowest BCUT2D eigenvalue weighted by Crippen LogP contribution is -2.49. The van der Waals surface area contributed by atoms with E-state index in [1.807, 2.05) is 0 Å². The quantitative estimate of drug-likeness (QED) is 0.802. The molecule has 1 atom stereocenters. The summed E-state index contributed by atoms with van der Waals surface area (Å²) in [6, 6.07) is 0. The van der Waals surface area contributed by atoms with Gasteiger partial charge in [-0.25, -0.2) is 0 Å². The van der Waals surface area contributed by atoms with Gasteiger partial charge in [0.15, 0.2) is 0 Å². The second-order valence-corrected chi connectivity index (χ2v) is 6.24. The molecular weight excluding hydrogens is 244 g/mol. The zero-order chi connectivity index (χ0) is 14.0. The van der Waals surface area contributed by atoms with Gasteiger partial charge in [0.1, 0.15) is 0 Å². The van der Waals surface area contributed by atoms with Crippen LogP contribution in [0.2, 0.25) is 0 Å². The number of likely N-dealkylation sites (tertiary alicyclic amines) is 1. The summed E-state index contributed by atoms with van der Waals surface area (Å²) in [5.41, 5.74) is 5.45. The Hall–Kier alpha value is -1.10. The molecule has 2 rings (SSSR count). The number of amides is 1. The van der Waals surface area contributed by atoms with Crippen molar-refractivity contribution in [1.29, 1.82) is 0 Å². The smallest absolute Gasteiger partial charge is 0.308 e. The lowest BCUT2D eigenvalue weighted by molar-refractivity contribution is -0.144. The molecule has 2 fully saturated rings. The SMILES string of the molecule is CC1CCC(CN)(C(=O)N2CCC(C(=O)O)C2)CC1. The molecule has 108 valence electrons. The maximum atomic E-state index is 12.7. The zero-order valence-electron chi connectivity index (χ0n) is 11.6. The van der Waals surface area contributed by atoms with Crippen LogP contribution in [0.3, 0.4) is 0 Å². The molecule has 1 aliphatic carbocycles. The van der Waals surface area contributed by atoms with E-state index in [1.54, 1.807) is 4.90 Å². The summed E-state index contributed by atoms with van der Waals surface area (Å²) in [5, 5.41) is 9.02. The van der Waals surface area contributed by atoms with Gasteiger partial charge in [-0.3, -0.25) is 9.59 Å². The van der Waals surface area contributed by atoms with Crippen LogP contribution in [-0.4, -0.2) is 41.5 Å². The van der Waals surface area contributed by atoms with Crippen molar-refractivity contribution in [2.24, 2.45) is 23.0 Å². The highest BCUT2D eigenvalue weighted by atomic mass is 16.4. The largest absolute Gasteiger partial charge is 0.481 e. The molecule has 1 saturated carbocycles. The minimum absolute atomic E-state index is 0.0886. The van der Waals surface area contributed by atoms with E-state index in [9.17, 15) is 9.59 Å². The summed E-state index contributed by atoms with van der Waals surface area (Å²) in [7, 11) is 0. The van der Waals surface area contributed by atoms with Gasteiger partial charge in [0, 0.05) is 19.6 Å². The highest BCUT2D eigenvalue weighted by molar-refractivity contribution is 5.84. The number of nitrogens with zero attached hydrogens (tertiary/aromatic N) is 1. The van der Waals surface area contributed by atoms with E-state index in [-0.39, 0.29) is 5.91 Å². The molecule has 1 unspecified atom stereocenters. The summed E-state index contributed by atoms with van der Waals surface area (Å²) < 4.78 is 0. The van der Waals surface area contributed by atoms with Crippen LogP contribution in [0, 0.1) is 17.3 Å². The van der Waals surface area contributed by atoms with Gasteiger partial charge in [-0.2, -0.15) is 0 Å². The van der Waals surface area contributed by atoms with Crippen LogP contribution in [0.4, 0.5) is 0 Å². The highest BCUT2D eigenvalue weighted by Crippen LogP contribution is 2.40. The third-order valence-corrected chi connectivity index (χ3v) is 4.90. The summed E-state index contributed by atoms with van der Waals surface area (Å²) in [4.78, 5) is 25.4. The Morgan fingerprint density at radius 2 is 1.95 bits per heavy atom. The molecule has 1 saturated heterocycles. The summed E-state index contributed by atoms with van der Waals surface area (Å²) >= 11 is 0. The number of rotatable bonds is 3. The molecule has 0 spiro atoms. The van der Waals surface area contributed by atoms with Gasteiger partial charge in [-0.05, 0) is 38.0 Å². The van der Waals surface area contributed by atoms with Crippen molar-refractivity contribution in [2.45, 2.75) is 39.0 Å². The lowest BCUT2D eigenvalue weighted by atomic mass is 9.70. The number of hydrogen-bond acceptors (Lipinski definition) is 3. The predicted octanol–water partition coefficient (Wildman–Crippen LogP) is 1.07. The molecule has 5 nitrogen and oxygen atoms in total. The Morgan fingerprint density at radius 1 is 1.32 bits per heavy atom. The summed E-state index contributed by atoms with van der Waals surface area (Å²) in [6.45, 7) is 3.51. The molecule has 0 radical (unpaired) electrons. The van der Waals surface area contributed by atoms with Crippen LogP contribution < -0.4 is 5.73 Å². The number of carbonyl (C=O) groups excluding carboxylic acids is 1. The number of carbonyl (C=O) groups is 2. The second kappa shape index (κ2) is 5.49. The van der Waals surface area contributed by atoms with E-state index >= 15 is 0 Å². The molecule has 0 aromatic carbocycles. The fraction of sp³-hybridized carbons (Fsp3) is 0.857. The zero-order valence-corrected chi connectivity index (χ0v) is 11.6. The van der Waals surface area contributed by atoms with E-state index in [0.717, 1.165) is 25.7 Å². The first kappa shape index (κ1) is 14.3. The maximum Gasteiger partial charge on any atom is 0.308 e. The van der Waals surface area contributed by atoms with Gasteiger partial charge >= 0.3 is 5.97 Å². The number of carboxylic acid groups (broad SMARTS) is 1. The summed E-state index contributed by atoms with van der Waals surface area (Å²) in [5.74, 6) is -0.445. The normalized spacial score (nSPS) is 35.4. The van der Waals surface area contributed by atoms with Gasteiger partial charge in [-0.1, -0.05) is 6.92 Å². The van der Waals surface area contributed by atoms with Crippen molar-refractivity contribution in [1.82, 2.24) is 4.90 Å². The molecule has 2 aliphatic rings. The Balaban J connectivity index is 2.04. The van der Waals surface area contributed by atoms with Crippen LogP contribution in [0.15, 0.2) is 0 Å².